The molecule has 0 aromatic heterocycles. The van der Waals surface area contributed by atoms with Gasteiger partial charge in [-0.2, -0.15) is 0 Å². The van der Waals surface area contributed by atoms with Crippen molar-refractivity contribution in [1.29, 1.82) is 0 Å². The number of hydrogen-bond donors (Lipinski definition) is 0. The van der Waals surface area contributed by atoms with E-state index in [0.717, 1.165) is 0 Å². The molecule has 0 saturated carbocycles. The minimum absolute atomic E-state index is 0. The van der Waals surface area contributed by atoms with E-state index in [4.69, 9.17) is 19.2 Å². The summed E-state index contributed by atoms with van der Waals surface area (Å²) in [6.07, 6.45) is 0. The van der Waals surface area contributed by atoms with Crippen LogP contribution in [-0.4, -0.2) is 9.05 Å². The Hall–Kier alpha value is 3.64. The van der Waals surface area contributed by atoms with Crippen LogP contribution in [0.2, 0.25) is 0 Å². The average molecular weight is 134 g/mol. The first kappa shape index (κ1) is 46.7. The van der Waals surface area contributed by atoms with Gasteiger partial charge in [-0.3, -0.25) is 0 Å². The van der Waals surface area contributed by atoms with Gasteiger partial charge in [0.05, 0.1) is 0 Å². The van der Waals surface area contributed by atoms with Crippen molar-refractivity contribution >= 4 is 9.05 Å². The first-order chi connectivity index (χ1) is 2.00. The SMILES string of the molecule is [Li+].[Li+].[Li+].[Li+].[Li+].[Li+].[O-][Si]([O-])([O-])[O-]. The van der Waals surface area contributed by atoms with Gasteiger partial charge in [0.15, 0.2) is 0 Å². The molecule has 0 aliphatic rings. The van der Waals surface area contributed by atoms with Crippen molar-refractivity contribution in [3.8, 4) is 0 Å². The van der Waals surface area contributed by atoms with Gasteiger partial charge in [0.2, 0.25) is 0 Å². The second kappa shape index (κ2) is 23.5. The van der Waals surface area contributed by atoms with Crippen LogP contribution in [0.4, 0.5) is 0 Å². The topological polar surface area (TPSA) is 92.2 Å². The maximum atomic E-state index is 8.58. The first-order valence-corrected chi connectivity index (χ1v) is 2.45. The Morgan fingerprint density at radius 2 is 0.455 bits per heavy atom. The predicted molar refractivity (Wildman–Crippen MR) is 5.75 cm³/mol. The average Bonchev–Trinajstić information content (AvgIpc) is 0.722. The quantitative estimate of drug-likeness (QED) is 0.307. The predicted octanol–water partition coefficient (Wildman–Crippen LogP) is -23.1. The summed E-state index contributed by atoms with van der Waals surface area (Å²) in [4.78, 5) is 34.3. The van der Waals surface area contributed by atoms with Gasteiger partial charge >= 0.3 is 113 Å². The monoisotopic (exact) mass is 134 g/mol. The molecule has 11 heteroatoms. The molecule has 11 heavy (non-hydrogen) atoms. The van der Waals surface area contributed by atoms with E-state index in [1.807, 2.05) is 0 Å². The van der Waals surface area contributed by atoms with Crippen molar-refractivity contribution in [3.63, 3.8) is 0 Å². The molecule has 0 heterocycles. The molecule has 32 valence electrons. The van der Waals surface area contributed by atoms with Crippen LogP contribution in [0.1, 0.15) is 0 Å². The Labute approximate surface area is 139 Å². The van der Waals surface area contributed by atoms with Crippen LogP contribution in [0, 0.1) is 0 Å². The van der Waals surface area contributed by atoms with Crippen LogP contribution < -0.4 is 132 Å². The van der Waals surface area contributed by atoms with Crippen molar-refractivity contribution in [1.82, 2.24) is 0 Å². The summed E-state index contributed by atoms with van der Waals surface area (Å²) in [6, 6.07) is 0. The van der Waals surface area contributed by atoms with Crippen LogP contribution in [-0.2, 0) is 0 Å². The van der Waals surface area contributed by atoms with Crippen molar-refractivity contribution < 1.29 is 132 Å². The van der Waals surface area contributed by atoms with Crippen molar-refractivity contribution in [2.45, 2.75) is 0 Å². The van der Waals surface area contributed by atoms with Gasteiger partial charge in [-0.1, -0.05) is 0 Å². The van der Waals surface area contributed by atoms with Crippen molar-refractivity contribution in [2.24, 2.45) is 0 Å². The first-order valence-electron chi connectivity index (χ1n) is 0.816. The maximum Gasteiger partial charge on any atom is 1.00 e. The third-order valence-corrected chi connectivity index (χ3v) is 0. The molecular formula is Li6O4Si+2. The van der Waals surface area contributed by atoms with E-state index >= 15 is 0 Å². The molecule has 0 aromatic carbocycles. The number of rotatable bonds is 0. The summed E-state index contributed by atoms with van der Waals surface area (Å²) in [5.41, 5.74) is 0. The minimum atomic E-state index is -5.61. The zero-order valence-electron chi connectivity index (χ0n) is 8.13. The molecule has 0 spiro atoms. The van der Waals surface area contributed by atoms with Crippen LogP contribution in [0.5, 0.6) is 0 Å². The Bertz CT molecular complexity index is 30.1. The van der Waals surface area contributed by atoms with Crippen LogP contribution >= 0.6 is 0 Å². The second-order valence-electron chi connectivity index (χ2n) is 0.500. The van der Waals surface area contributed by atoms with Gasteiger partial charge in [0.1, 0.15) is 0 Å². The van der Waals surface area contributed by atoms with Crippen molar-refractivity contribution in [3.05, 3.63) is 0 Å². The summed E-state index contributed by atoms with van der Waals surface area (Å²) in [6.45, 7) is 0. The van der Waals surface area contributed by atoms with Crippen LogP contribution in [0.3, 0.4) is 0 Å². The molecule has 4 nitrogen and oxygen atoms in total. The van der Waals surface area contributed by atoms with E-state index in [1.54, 1.807) is 0 Å². The fourth-order valence-electron chi connectivity index (χ4n) is 0. The van der Waals surface area contributed by atoms with E-state index < -0.39 is 9.05 Å². The summed E-state index contributed by atoms with van der Waals surface area (Å²) >= 11 is 0. The van der Waals surface area contributed by atoms with Gasteiger partial charge in [-0.25, -0.2) is 0 Å². The zero-order valence-corrected chi connectivity index (χ0v) is 9.13. The molecule has 0 unspecified atom stereocenters. The summed E-state index contributed by atoms with van der Waals surface area (Å²) in [5, 5.41) is 0. The normalized spacial score (nSPS) is 5.45. The molecule has 0 rings (SSSR count). The smallest absolute Gasteiger partial charge is 0.894 e. The molecule has 0 bridgehead atoms. The Morgan fingerprint density at radius 1 is 0.455 bits per heavy atom. The minimum Gasteiger partial charge on any atom is -0.894 e. The van der Waals surface area contributed by atoms with Gasteiger partial charge < -0.3 is 28.2 Å². The van der Waals surface area contributed by atoms with Gasteiger partial charge in [-0.15, -0.1) is 0 Å². The van der Waals surface area contributed by atoms with E-state index in [1.165, 1.54) is 0 Å². The largest absolute Gasteiger partial charge is 1.00 e. The van der Waals surface area contributed by atoms with Gasteiger partial charge in [0.25, 0.3) is 0 Å². The van der Waals surface area contributed by atoms with Crippen LogP contribution in [0.15, 0.2) is 0 Å². The molecular weight excluding hydrogens is 134 g/mol. The van der Waals surface area contributed by atoms with E-state index in [0.29, 0.717) is 0 Å². The maximum absolute atomic E-state index is 8.58. The van der Waals surface area contributed by atoms with Gasteiger partial charge in [0, 0.05) is 0 Å². The molecule has 0 fully saturated rings. The third-order valence-electron chi connectivity index (χ3n) is 0. The van der Waals surface area contributed by atoms with E-state index in [9.17, 15) is 0 Å². The van der Waals surface area contributed by atoms with Gasteiger partial charge in [-0.05, 0) is 0 Å². The Kier molecular flexibility index (Phi) is 99.5. The molecule has 0 radical (unpaired) electrons. The third kappa shape index (κ3) is 139. The molecule has 0 atom stereocenters. The summed E-state index contributed by atoms with van der Waals surface area (Å²) < 4.78 is 0. The fraction of sp³-hybridized carbons (Fsp3) is 0. The zero-order chi connectivity index (χ0) is 4.50. The molecule has 0 amide bonds. The molecule has 0 aromatic rings. The Balaban J connectivity index is -0.00000000533. The molecule has 0 aliphatic heterocycles. The Morgan fingerprint density at radius 3 is 0.455 bits per heavy atom. The molecule has 0 aliphatic carbocycles. The standard InChI is InChI=1S/6Li.O4Si/c;;;;;;1-5(2,3)4/q6*+1;-4. The number of hydrogen-bond acceptors (Lipinski definition) is 4. The van der Waals surface area contributed by atoms with E-state index in [-0.39, 0.29) is 113 Å². The molecule has 0 N–H and O–H groups in total. The summed E-state index contributed by atoms with van der Waals surface area (Å²) in [7, 11) is -5.61. The fourth-order valence-corrected chi connectivity index (χ4v) is 0. The second-order valence-corrected chi connectivity index (χ2v) is 1.50. The van der Waals surface area contributed by atoms with E-state index in [2.05, 4.69) is 0 Å². The van der Waals surface area contributed by atoms with Crippen molar-refractivity contribution in [2.75, 3.05) is 0 Å². The molecule has 0 saturated heterocycles. The van der Waals surface area contributed by atoms with Crippen LogP contribution in [0.25, 0.3) is 0 Å². The summed E-state index contributed by atoms with van der Waals surface area (Å²) in [5.74, 6) is 0.